The Labute approximate surface area is 168 Å². The zero-order valence-electron chi connectivity index (χ0n) is 16.5. The van der Waals surface area contributed by atoms with Crippen molar-refractivity contribution in [2.24, 2.45) is 13.0 Å². The van der Waals surface area contributed by atoms with Crippen molar-refractivity contribution in [1.29, 1.82) is 0 Å². The summed E-state index contributed by atoms with van der Waals surface area (Å²) in [5, 5.41) is 7.19. The summed E-state index contributed by atoms with van der Waals surface area (Å²) in [6.45, 7) is 4.17. The van der Waals surface area contributed by atoms with Gasteiger partial charge in [0, 0.05) is 31.8 Å². The monoisotopic (exact) mass is 394 g/mol. The van der Waals surface area contributed by atoms with Crippen molar-refractivity contribution in [3.05, 3.63) is 54.2 Å². The van der Waals surface area contributed by atoms with Crippen LogP contribution in [0.3, 0.4) is 0 Å². The minimum Gasteiger partial charge on any atom is -0.356 e. The van der Waals surface area contributed by atoms with Crippen LogP contribution >= 0.6 is 0 Å². The molecule has 1 fully saturated rings. The van der Waals surface area contributed by atoms with Gasteiger partial charge in [0.25, 0.3) is 5.91 Å². The van der Waals surface area contributed by atoms with E-state index in [2.05, 4.69) is 32.2 Å². The number of benzene rings is 1. The third-order valence-corrected chi connectivity index (χ3v) is 5.25. The van der Waals surface area contributed by atoms with Crippen LogP contribution in [-0.4, -0.2) is 38.7 Å². The molecule has 0 saturated carbocycles. The third kappa shape index (κ3) is 4.26. The number of carbonyl (C=O) groups is 1. The highest BCUT2D eigenvalue weighted by molar-refractivity contribution is 6.03. The molecule has 0 bridgehead atoms. The number of amides is 1. The van der Waals surface area contributed by atoms with Gasteiger partial charge in [-0.2, -0.15) is 5.10 Å². The number of halogens is 1. The maximum Gasteiger partial charge on any atom is 0.275 e. The van der Waals surface area contributed by atoms with Gasteiger partial charge >= 0.3 is 0 Å². The van der Waals surface area contributed by atoms with Crippen molar-refractivity contribution >= 4 is 17.5 Å². The number of aryl methyl sites for hydroxylation is 1. The Kier molecular flexibility index (Phi) is 5.24. The molecular formula is C21H23FN6O. The Morgan fingerprint density at radius 1 is 1.14 bits per heavy atom. The molecule has 0 aliphatic carbocycles. The minimum absolute atomic E-state index is 0.314. The van der Waals surface area contributed by atoms with Gasteiger partial charge in [-0.05, 0) is 49.1 Å². The predicted molar refractivity (Wildman–Crippen MR) is 109 cm³/mol. The summed E-state index contributed by atoms with van der Waals surface area (Å²) in [7, 11) is 1.70. The van der Waals surface area contributed by atoms with E-state index in [1.165, 1.54) is 23.1 Å². The number of anilines is 2. The van der Waals surface area contributed by atoms with Gasteiger partial charge in [0.05, 0.1) is 5.69 Å². The van der Waals surface area contributed by atoms with Crippen molar-refractivity contribution in [1.82, 2.24) is 19.7 Å². The molecule has 0 radical (unpaired) electrons. The second-order valence-corrected chi connectivity index (χ2v) is 7.43. The second kappa shape index (κ2) is 7.98. The average Bonchev–Trinajstić information content (AvgIpc) is 3.11. The van der Waals surface area contributed by atoms with Crippen molar-refractivity contribution in [3.63, 3.8) is 0 Å². The Balaban J connectivity index is 1.50. The average molecular weight is 394 g/mol. The molecule has 0 unspecified atom stereocenters. The van der Waals surface area contributed by atoms with Gasteiger partial charge in [-0.3, -0.25) is 9.48 Å². The fourth-order valence-electron chi connectivity index (χ4n) is 3.45. The third-order valence-electron chi connectivity index (χ3n) is 5.25. The molecule has 3 heterocycles. The summed E-state index contributed by atoms with van der Waals surface area (Å²) in [6, 6.07) is 9.48. The lowest BCUT2D eigenvalue weighted by atomic mass is 9.99. The maximum atomic E-state index is 13.1. The number of rotatable bonds is 4. The zero-order chi connectivity index (χ0) is 20.4. The van der Waals surface area contributed by atoms with E-state index in [0.29, 0.717) is 17.2 Å². The van der Waals surface area contributed by atoms with Gasteiger partial charge in [-0.1, -0.05) is 6.92 Å². The quantitative estimate of drug-likeness (QED) is 0.733. The van der Waals surface area contributed by atoms with E-state index in [1.54, 1.807) is 31.3 Å². The topological polar surface area (TPSA) is 75.9 Å². The summed E-state index contributed by atoms with van der Waals surface area (Å²) < 4.78 is 14.6. The highest BCUT2D eigenvalue weighted by atomic mass is 19.1. The molecule has 1 N–H and O–H groups in total. The van der Waals surface area contributed by atoms with Crippen LogP contribution < -0.4 is 10.2 Å². The van der Waals surface area contributed by atoms with Gasteiger partial charge in [-0.15, -0.1) is 0 Å². The van der Waals surface area contributed by atoms with E-state index in [9.17, 15) is 9.18 Å². The number of nitrogens with zero attached hydrogens (tertiary/aromatic N) is 5. The molecule has 29 heavy (non-hydrogen) atoms. The predicted octanol–water partition coefficient (Wildman–Crippen LogP) is 3.50. The van der Waals surface area contributed by atoms with Crippen LogP contribution in [-0.2, 0) is 7.05 Å². The molecular weight excluding hydrogens is 371 g/mol. The van der Waals surface area contributed by atoms with Crippen LogP contribution in [0, 0.1) is 11.7 Å². The van der Waals surface area contributed by atoms with Crippen LogP contribution in [0.5, 0.6) is 0 Å². The molecule has 4 rings (SSSR count). The fraction of sp³-hybridized carbons (Fsp3) is 0.333. The fourth-order valence-corrected chi connectivity index (χ4v) is 3.45. The molecule has 1 aliphatic rings. The number of carbonyl (C=O) groups excluding carboxylic acids is 1. The Hall–Kier alpha value is -3.29. The maximum absolute atomic E-state index is 13.1. The lowest BCUT2D eigenvalue weighted by Crippen LogP contribution is -2.33. The molecule has 1 aromatic carbocycles. The molecule has 0 spiro atoms. The van der Waals surface area contributed by atoms with Crippen LogP contribution in [0.15, 0.2) is 42.7 Å². The first-order chi connectivity index (χ1) is 14.0. The lowest BCUT2D eigenvalue weighted by molar-refractivity contribution is 0.101. The molecule has 150 valence electrons. The SMILES string of the molecule is CC1CCN(c2cc(NC(=O)c3cc(-c4ccc(F)cc4)nn3C)ncn2)CC1. The summed E-state index contributed by atoms with van der Waals surface area (Å²) in [5.41, 5.74) is 1.73. The van der Waals surface area contributed by atoms with Crippen molar-refractivity contribution in [2.45, 2.75) is 19.8 Å². The molecule has 1 amide bonds. The number of nitrogens with one attached hydrogen (secondary N) is 1. The van der Waals surface area contributed by atoms with Gasteiger partial charge in [0.2, 0.25) is 0 Å². The van der Waals surface area contributed by atoms with E-state index in [-0.39, 0.29) is 11.7 Å². The van der Waals surface area contributed by atoms with Gasteiger partial charge in [-0.25, -0.2) is 14.4 Å². The highest BCUT2D eigenvalue weighted by Gasteiger charge is 2.19. The van der Waals surface area contributed by atoms with E-state index < -0.39 is 0 Å². The summed E-state index contributed by atoms with van der Waals surface area (Å²) >= 11 is 0. The Bertz CT molecular complexity index is 1010. The number of piperidine rings is 1. The van der Waals surface area contributed by atoms with Crippen molar-refractivity contribution in [2.75, 3.05) is 23.3 Å². The molecule has 2 aromatic heterocycles. The summed E-state index contributed by atoms with van der Waals surface area (Å²) in [4.78, 5) is 23.5. The summed E-state index contributed by atoms with van der Waals surface area (Å²) in [5.74, 6) is 1.37. The first-order valence-electron chi connectivity index (χ1n) is 9.68. The van der Waals surface area contributed by atoms with E-state index in [0.717, 1.165) is 43.2 Å². The van der Waals surface area contributed by atoms with Gasteiger partial charge in [0.15, 0.2) is 0 Å². The van der Waals surface area contributed by atoms with E-state index >= 15 is 0 Å². The highest BCUT2D eigenvalue weighted by Crippen LogP contribution is 2.23. The smallest absolute Gasteiger partial charge is 0.275 e. The van der Waals surface area contributed by atoms with Crippen LogP contribution in [0.1, 0.15) is 30.3 Å². The summed E-state index contributed by atoms with van der Waals surface area (Å²) in [6.07, 6.45) is 3.73. The molecule has 0 atom stereocenters. The number of aromatic nitrogens is 4. The number of hydrogen-bond acceptors (Lipinski definition) is 5. The number of hydrogen-bond donors (Lipinski definition) is 1. The first-order valence-corrected chi connectivity index (χ1v) is 9.68. The largest absolute Gasteiger partial charge is 0.356 e. The van der Waals surface area contributed by atoms with Crippen LogP contribution in [0.25, 0.3) is 11.3 Å². The van der Waals surface area contributed by atoms with Crippen molar-refractivity contribution < 1.29 is 9.18 Å². The molecule has 8 heteroatoms. The zero-order valence-corrected chi connectivity index (χ0v) is 16.5. The molecule has 1 aliphatic heterocycles. The van der Waals surface area contributed by atoms with Gasteiger partial charge < -0.3 is 10.2 Å². The molecule has 7 nitrogen and oxygen atoms in total. The molecule has 3 aromatic rings. The van der Waals surface area contributed by atoms with Crippen LogP contribution in [0.2, 0.25) is 0 Å². The Morgan fingerprint density at radius 2 is 1.86 bits per heavy atom. The first kappa shape index (κ1) is 19.0. The van der Waals surface area contributed by atoms with E-state index in [4.69, 9.17) is 0 Å². The normalized spacial score (nSPS) is 14.8. The van der Waals surface area contributed by atoms with Gasteiger partial charge in [0.1, 0.15) is 29.5 Å². The minimum atomic E-state index is -0.315. The van der Waals surface area contributed by atoms with E-state index in [1.807, 2.05) is 0 Å². The Morgan fingerprint density at radius 3 is 2.59 bits per heavy atom. The second-order valence-electron chi connectivity index (χ2n) is 7.43. The standard InChI is InChI=1S/C21H23FN6O/c1-14-7-9-28(10-8-14)20-12-19(23-13-24-20)25-21(29)18-11-17(26-27(18)2)15-3-5-16(22)6-4-15/h3-6,11-14H,7-10H2,1-2H3,(H,23,24,25,29). The van der Waals surface area contributed by atoms with Crippen LogP contribution in [0.4, 0.5) is 16.0 Å². The molecule has 1 saturated heterocycles. The lowest BCUT2D eigenvalue weighted by Gasteiger charge is -2.31. The van der Waals surface area contributed by atoms with Crippen molar-refractivity contribution in [3.8, 4) is 11.3 Å².